The van der Waals surface area contributed by atoms with E-state index in [-0.39, 0.29) is 11.2 Å². The third kappa shape index (κ3) is 6.23. The first-order chi connectivity index (χ1) is 20.8. The lowest BCUT2D eigenvalue weighted by Gasteiger charge is -2.31. The molecule has 218 valence electrons. The number of nitrogens with one attached hydrogen (secondary N) is 1. The van der Waals surface area contributed by atoms with Crippen LogP contribution in [0, 0.1) is 17.0 Å². The highest BCUT2D eigenvalue weighted by Gasteiger charge is 2.28. The number of anilines is 1. The first-order valence-electron chi connectivity index (χ1n) is 13.8. The molecule has 0 saturated carbocycles. The van der Waals surface area contributed by atoms with Gasteiger partial charge in [-0.05, 0) is 67.8 Å². The molecule has 0 aliphatic carbocycles. The van der Waals surface area contributed by atoms with E-state index in [0.717, 1.165) is 11.1 Å². The van der Waals surface area contributed by atoms with Crippen molar-refractivity contribution in [1.82, 2.24) is 14.5 Å². The molecule has 0 aliphatic heterocycles. The molecule has 0 aliphatic rings. The minimum atomic E-state index is -0.677. The minimum Gasteiger partial charge on any atom is -0.495 e. The Balaban J connectivity index is 1.62. The minimum absolute atomic E-state index is 0.0798. The fourth-order valence-electron chi connectivity index (χ4n) is 5.00. The molecule has 1 N–H and O–H groups in total. The van der Waals surface area contributed by atoms with Crippen LogP contribution in [0.1, 0.15) is 29.9 Å². The van der Waals surface area contributed by atoms with Gasteiger partial charge in [0.25, 0.3) is 11.2 Å². The Morgan fingerprint density at radius 1 is 1.02 bits per heavy atom. The Morgan fingerprint density at radius 2 is 1.72 bits per heavy atom. The smallest absolute Gasteiger partial charge is 0.322 e. The second-order valence-corrected chi connectivity index (χ2v) is 10.1. The van der Waals surface area contributed by atoms with Crippen LogP contribution in [0.2, 0.25) is 0 Å². The molecular formula is C33H31N5O5. The maximum atomic E-state index is 14.1. The number of amides is 2. The average Bonchev–Trinajstić information content (AvgIpc) is 3.01. The summed E-state index contributed by atoms with van der Waals surface area (Å²) in [5.74, 6) is 0.851. The van der Waals surface area contributed by atoms with Crippen LogP contribution in [-0.4, -0.2) is 39.1 Å². The summed E-state index contributed by atoms with van der Waals surface area (Å²) in [6.07, 6.45) is 0.546. The van der Waals surface area contributed by atoms with Crippen LogP contribution in [0.25, 0.3) is 16.6 Å². The summed E-state index contributed by atoms with van der Waals surface area (Å²) in [6.45, 7) is 4.06. The van der Waals surface area contributed by atoms with Crippen LogP contribution in [0.5, 0.6) is 5.75 Å². The van der Waals surface area contributed by atoms with Gasteiger partial charge < -0.3 is 15.0 Å². The van der Waals surface area contributed by atoms with Crippen LogP contribution in [-0.2, 0) is 6.42 Å². The van der Waals surface area contributed by atoms with Crippen LogP contribution in [0.3, 0.4) is 0 Å². The lowest BCUT2D eigenvalue weighted by atomic mass is 10.1. The Hall–Kier alpha value is -5.51. The van der Waals surface area contributed by atoms with E-state index in [1.165, 1.54) is 28.8 Å². The van der Waals surface area contributed by atoms with E-state index in [4.69, 9.17) is 9.72 Å². The van der Waals surface area contributed by atoms with Crippen LogP contribution >= 0.6 is 0 Å². The maximum Gasteiger partial charge on any atom is 0.322 e. The monoisotopic (exact) mass is 577 g/mol. The van der Waals surface area contributed by atoms with Crippen molar-refractivity contribution in [2.45, 2.75) is 26.3 Å². The number of aryl methyl sites for hydroxylation is 1. The van der Waals surface area contributed by atoms with Gasteiger partial charge >= 0.3 is 6.03 Å². The number of urea groups is 1. The molecule has 1 aromatic heterocycles. The van der Waals surface area contributed by atoms with Crippen molar-refractivity contribution in [2.75, 3.05) is 19.0 Å². The Kier molecular flexibility index (Phi) is 8.47. The lowest BCUT2D eigenvalue weighted by Crippen LogP contribution is -2.41. The van der Waals surface area contributed by atoms with Gasteiger partial charge in [-0.25, -0.2) is 9.78 Å². The highest BCUT2D eigenvalue weighted by atomic mass is 16.6. The number of rotatable bonds is 9. The Labute approximate surface area is 248 Å². The van der Waals surface area contributed by atoms with Gasteiger partial charge in [-0.3, -0.25) is 19.5 Å². The highest BCUT2D eigenvalue weighted by Crippen LogP contribution is 2.29. The number of hydrogen-bond donors (Lipinski definition) is 1. The van der Waals surface area contributed by atoms with Gasteiger partial charge in [0.05, 0.1) is 34.7 Å². The molecule has 1 atom stereocenters. The summed E-state index contributed by atoms with van der Waals surface area (Å²) >= 11 is 0. The molecular weight excluding hydrogens is 546 g/mol. The van der Waals surface area contributed by atoms with E-state index in [0.29, 0.717) is 46.8 Å². The van der Waals surface area contributed by atoms with E-state index in [2.05, 4.69) is 5.32 Å². The van der Waals surface area contributed by atoms with E-state index in [9.17, 15) is 19.7 Å². The van der Waals surface area contributed by atoms with Gasteiger partial charge in [-0.1, -0.05) is 48.5 Å². The van der Waals surface area contributed by atoms with E-state index in [1.54, 1.807) is 36.3 Å². The molecule has 0 fully saturated rings. The molecule has 0 spiro atoms. The van der Waals surface area contributed by atoms with Gasteiger partial charge in [0.2, 0.25) is 0 Å². The summed E-state index contributed by atoms with van der Waals surface area (Å²) in [7, 11) is 1.54. The van der Waals surface area contributed by atoms with Gasteiger partial charge in [0.1, 0.15) is 11.6 Å². The van der Waals surface area contributed by atoms with Gasteiger partial charge in [0, 0.05) is 24.4 Å². The summed E-state index contributed by atoms with van der Waals surface area (Å²) in [6, 6.07) is 27.0. The third-order valence-corrected chi connectivity index (χ3v) is 7.29. The number of carbonyl (C=O) groups excluding carboxylic acids is 1. The number of ether oxygens (including phenoxy) is 1. The van der Waals surface area contributed by atoms with Gasteiger partial charge in [-0.15, -0.1) is 0 Å². The molecule has 1 heterocycles. The van der Waals surface area contributed by atoms with Crippen molar-refractivity contribution in [1.29, 1.82) is 0 Å². The number of nitro benzene ring substituents is 1. The third-order valence-electron chi connectivity index (χ3n) is 7.29. The predicted molar refractivity (Wildman–Crippen MR) is 166 cm³/mol. The van der Waals surface area contributed by atoms with Gasteiger partial charge in [-0.2, -0.15) is 0 Å². The molecule has 1 unspecified atom stereocenters. The number of para-hydroxylation sites is 1. The number of benzene rings is 4. The number of nitro groups is 1. The van der Waals surface area contributed by atoms with Crippen molar-refractivity contribution in [2.24, 2.45) is 0 Å². The number of fused-ring (bicyclic) bond motifs is 1. The zero-order valence-electron chi connectivity index (χ0n) is 24.1. The molecule has 0 radical (unpaired) electrons. The number of aromatic nitrogens is 2. The second kappa shape index (κ2) is 12.6. The summed E-state index contributed by atoms with van der Waals surface area (Å²) in [5.41, 5.74) is 3.02. The molecule has 10 heteroatoms. The number of non-ortho nitro benzene ring substituents is 1. The fourth-order valence-corrected chi connectivity index (χ4v) is 5.00. The van der Waals surface area contributed by atoms with Crippen LogP contribution in [0.15, 0.2) is 102 Å². The highest BCUT2D eigenvalue weighted by molar-refractivity contribution is 5.90. The van der Waals surface area contributed by atoms with Crippen molar-refractivity contribution in [3.63, 3.8) is 0 Å². The normalized spacial score (nSPS) is 11.6. The predicted octanol–water partition coefficient (Wildman–Crippen LogP) is 6.45. The number of carbonyl (C=O) groups is 1. The quantitative estimate of drug-likeness (QED) is 0.159. The average molecular weight is 578 g/mol. The van der Waals surface area contributed by atoms with E-state index in [1.807, 2.05) is 62.4 Å². The molecule has 5 rings (SSSR count). The van der Waals surface area contributed by atoms with Crippen molar-refractivity contribution in [3.8, 4) is 11.4 Å². The van der Waals surface area contributed by atoms with Crippen molar-refractivity contribution >= 4 is 28.3 Å². The van der Waals surface area contributed by atoms with Crippen LogP contribution in [0.4, 0.5) is 16.2 Å². The summed E-state index contributed by atoms with van der Waals surface area (Å²) in [5, 5.41) is 14.4. The molecule has 0 saturated heterocycles. The lowest BCUT2D eigenvalue weighted by molar-refractivity contribution is -0.384. The first kappa shape index (κ1) is 29.0. The SMILES string of the molecule is COc1ccc(C)cc1-n1c(C(C)N(CCc2ccccc2)C(=O)Nc2ccc([N+](=O)[O-])cc2)nc2ccccc2c1=O. The largest absolute Gasteiger partial charge is 0.495 e. The van der Waals surface area contributed by atoms with Crippen LogP contribution < -0.4 is 15.6 Å². The zero-order valence-corrected chi connectivity index (χ0v) is 24.1. The van der Waals surface area contributed by atoms with Crippen molar-refractivity contribution in [3.05, 3.63) is 134 Å². The molecule has 2 amide bonds. The first-order valence-corrected chi connectivity index (χ1v) is 13.8. The zero-order chi connectivity index (χ0) is 30.5. The maximum absolute atomic E-state index is 14.1. The molecule has 5 aromatic rings. The Bertz CT molecular complexity index is 1840. The fraction of sp³-hybridized carbons (Fsp3) is 0.182. The summed E-state index contributed by atoms with van der Waals surface area (Å²) < 4.78 is 7.17. The number of nitrogens with zero attached hydrogens (tertiary/aromatic N) is 4. The molecule has 43 heavy (non-hydrogen) atoms. The Morgan fingerprint density at radius 3 is 2.42 bits per heavy atom. The van der Waals surface area contributed by atoms with E-state index >= 15 is 0 Å². The second-order valence-electron chi connectivity index (χ2n) is 10.1. The topological polar surface area (TPSA) is 120 Å². The molecule has 0 bridgehead atoms. The standard InChI is InChI=1S/C33H31N5O5/c1-22-13-18-30(43-3)29(21-22)37-31(35-28-12-8-7-11-27(28)32(37)39)23(2)36(20-19-24-9-5-4-6-10-24)33(40)34-25-14-16-26(17-15-25)38(41)42/h4-18,21,23H,19-20H2,1-3H3,(H,34,40). The van der Waals surface area contributed by atoms with Crippen molar-refractivity contribution < 1.29 is 14.5 Å². The number of hydrogen-bond acceptors (Lipinski definition) is 6. The molecule has 4 aromatic carbocycles. The molecule has 10 nitrogen and oxygen atoms in total. The van der Waals surface area contributed by atoms with Gasteiger partial charge in [0.15, 0.2) is 0 Å². The van der Waals surface area contributed by atoms with E-state index < -0.39 is 17.0 Å². The summed E-state index contributed by atoms with van der Waals surface area (Å²) in [4.78, 5) is 45.1. The number of methoxy groups -OCH3 is 1.